The Kier molecular flexibility index (Phi) is 3.70. The molecular weight excluding hydrogens is 174 g/mol. The minimum absolute atomic E-state index is 0.767. The second-order valence-corrected chi connectivity index (χ2v) is 3.60. The molecule has 0 saturated carbocycles. The van der Waals surface area contributed by atoms with Gasteiger partial charge in [0.2, 0.25) is 0 Å². The normalized spacial score (nSPS) is 10.1. The van der Waals surface area contributed by atoms with E-state index in [1.54, 1.807) is 0 Å². The predicted molar refractivity (Wildman–Crippen MR) is 55.9 cm³/mol. The van der Waals surface area contributed by atoms with Gasteiger partial charge in [-0.3, -0.25) is 4.68 Å². The molecule has 0 atom stereocenters. The van der Waals surface area contributed by atoms with Crippen molar-refractivity contribution in [1.29, 1.82) is 5.26 Å². The van der Waals surface area contributed by atoms with Crippen molar-refractivity contribution < 1.29 is 0 Å². The molecule has 0 aliphatic carbocycles. The van der Waals surface area contributed by atoms with Crippen LogP contribution in [0.25, 0.3) is 0 Å². The topological polar surface area (TPSA) is 41.6 Å². The Bertz CT molecular complexity index is 344. The van der Waals surface area contributed by atoms with E-state index < -0.39 is 0 Å². The lowest BCUT2D eigenvalue weighted by atomic mass is 10.1. The number of rotatable bonds is 4. The maximum atomic E-state index is 8.97. The van der Waals surface area contributed by atoms with Gasteiger partial charge < -0.3 is 0 Å². The van der Waals surface area contributed by atoms with E-state index in [0.29, 0.717) is 0 Å². The van der Waals surface area contributed by atoms with Gasteiger partial charge in [0.1, 0.15) is 6.07 Å². The summed E-state index contributed by atoms with van der Waals surface area (Å²) in [6.07, 6.45) is 4.53. The average molecular weight is 191 g/mol. The van der Waals surface area contributed by atoms with Gasteiger partial charge in [0, 0.05) is 7.05 Å². The van der Waals surface area contributed by atoms with Crippen molar-refractivity contribution in [2.75, 3.05) is 0 Å². The van der Waals surface area contributed by atoms with E-state index in [-0.39, 0.29) is 0 Å². The average Bonchev–Trinajstić information content (AvgIpc) is 2.42. The van der Waals surface area contributed by atoms with E-state index in [1.165, 1.54) is 12.8 Å². The Morgan fingerprint density at radius 1 is 1.43 bits per heavy atom. The third kappa shape index (κ3) is 2.14. The molecular formula is C11H17N3. The molecule has 0 spiro atoms. The molecule has 1 aromatic heterocycles. The number of hydrogen-bond acceptors (Lipinski definition) is 2. The summed E-state index contributed by atoms with van der Waals surface area (Å²) in [6, 6.07) is 2.23. The second-order valence-electron chi connectivity index (χ2n) is 3.60. The molecule has 3 nitrogen and oxygen atoms in total. The summed E-state index contributed by atoms with van der Waals surface area (Å²) in [4.78, 5) is 0. The minimum Gasteiger partial charge on any atom is -0.271 e. The molecule has 0 radical (unpaired) electrons. The molecule has 0 aliphatic heterocycles. The van der Waals surface area contributed by atoms with Gasteiger partial charge in [-0.25, -0.2) is 0 Å². The van der Waals surface area contributed by atoms with Crippen LogP contribution in [0, 0.1) is 18.3 Å². The third-order valence-corrected chi connectivity index (χ3v) is 2.47. The van der Waals surface area contributed by atoms with Gasteiger partial charge in [-0.1, -0.05) is 19.8 Å². The number of unbranched alkanes of at least 4 members (excludes halogenated alkanes) is 2. The lowest BCUT2D eigenvalue weighted by Crippen LogP contribution is -1.99. The van der Waals surface area contributed by atoms with Crippen molar-refractivity contribution in [3.05, 3.63) is 17.0 Å². The summed E-state index contributed by atoms with van der Waals surface area (Å²) < 4.78 is 1.84. The second kappa shape index (κ2) is 4.80. The number of nitriles is 1. The number of nitrogens with zero attached hydrogens (tertiary/aromatic N) is 3. The maximum absolute atomic E-state index is 8.97. The van der Waals surface area contributed by atoms with Crippen LogP contribution in [0.2, 0.25) is 0 Å². The van der Waals surface area contributed by atoms with Crippen LogP contribution < -0.4 is 0 Å². The van der Waals surface area contributed by atoms with E-state index in [9.17, 15) is 0 Å². The quantitative estimate of drug-likeness (QED) is 0.685. The lowest BCUT2D eigenvalue weighted by molar-refractivity contribution is 0.650. The first-order valence-corrected chi connectivity index (χ1v) is 5.13. The highest BCUT2D eigenvalue weighted by atomic mass is 15.3. The minimum atomic E-state index is 0.767. The summed E-state index contributed by atoms with van der Waals surface area (Å²) in [5, 5.41) is 13.2. The highest BCUT2D eigenvalue weighted by molar-refractivity contribution is 5.37. The molecule has 14 heavy (non-hydrogen) atoms. The fourth-order valence-corrected chi connectivity index (χ4v) is 1.68. The van der Waals surface area contributed by atoms with Crippen molar-refractivity contribution in [2.45, 2.75) is 39.5 Å². The van der Waals surface area contributed by atoms with Crippen LogP contribution in [0.3, 0.4) is 0 Å². The molecule has 0 saturated heterocycles. The van der Waals surface area contributed by atoms with Gasteiger partial charge in [0.15, 0.2) is 0 Å². The van der Waals surface area contributed by atoms with Gasteiger partial charge in [-0.05, 0) is 19.8 Å². The molecule has 0 N–H and O–H groups in total. The zero-order chi connectivity index (χ0) is 10.6. The van der Waals surface area contributed by atoms with E-state index in [1.807, 2.05) is 18.7 Å². The smallest absolute Gasteiger partial charge is 0.103 e. The molecule has 76 valence electrons. The summed E-state index contributed by atoms with van der Waals surface area (Å²) in [7, 11) is 1.91. The van der Waals surface area contributed by atoms with Gasteiger partial charge in [0.25, 0.3) is 0 Å². The summed E-state index contributed by atoms with van der Waals surface area (Å²) in [5.74, 6) is 0. The van der Waals surface area contributed by atoms with E-state index in [0.717, 1.165) is 29.8 Å². The van der Waals surface area contributed by atoms with Crippen molar-refractivity contribution in [3.63, 3.8) is 0 Å². The van der Waals surface area contributed by atoms with Crippen LogP contribution in [0.15, 0.2) is 0 Å². The molecule has 0 aliphatic rings. The van der Waals surface area contributed by atoms with Gasteiger partial charge in [-0.15, -0.1) is 0 Å². The van der Waals surface area contributed by atoms with Crippen LogP contribution in [-0.2, 0) is 13.5 Å². The van der Waals surface area contributed by atoms with E-state index in [2.05, 4.69) is 18.1 Å². The van der Waals surface area contributed by atoms with E-state index >= 15 is 0 Å². The number of aromatic nitrogens is 2. The summed E-state index contributed by atoms with van der Waals surface area (Å²) in [5.41, 5.74) is 2.70. The number of aryl methyl sites for hydroxylation is 2. The first-order valence-electron chi connectivity index (χ1n) is 5.13. The Morgan fingerprint density at radius 3 is 2.71 bits per heavy atom. The van der Waals surface area contributed by atoms with Crippen molar-refractivity contribution >= 4 is 0 Å². The van der Waals surface area contributed by atoms with Crippen LogP contribution in [0.5, 0.6) is 0 Å². The largest absolute Gasteiger partial charge is 0.271 e. The summed E-state index contributed by atoms with van der Waals surface area (Å²) >= 11 is 0. The fraction of sp³-hybridized carbons (Fsp3) is 0.636. The van der Waals surface area contributed by atoms with Crippen molar-refractivity contribution in [1.82, 2.24) is 9.78 Å². The third-order valence-electron chi connectivity index (χ3n) is 2.47. The van der Waals surface area contributed by atoms with Crippen LogP contribution >= 0.6 is 0 Å². The molecule has 1 heterocycles. The Labute approximate surface area is 85.4 Å². The van der Waals surface area contributed by atoms with Gasteiger partial charge in [0.05, 0.1) is 17.0 Å². The standard InChI is InChI=1S/C11H17N3/c1-4-5-6-7-11-10(8-12)9(2)13-14(11)3/h4-7H2,1-3H3. The Morgan fingerprint density at radius 2 is 2.14 bits per heavy atom. The molecule has 0 fully saturated rings. The first-order chi connectivity index (χ1) is 6.70. The predicted octanol–water partition coefficient (Wildman–Crippen LogP) is 2.33. The summed E-state index contributed by atoms with van der Waals surface area (Å²) in [6.45, 7) is 4.07. The maximum Gasteiger partial charge on any atom is 0.103 e. The Hall–Kier alpha value is -1.30. The van der Waals surface area contributed by atoms with Crippen molar-refractivity contribution in [2.24, 2.45) is 7.05 Å². The first kappa shape index (κ1) is 10.8. The van der Waals surface area contributed by atoms with Crippen molar-refractivity contribution in [3.8, 4) is 6.07 Å². The van der Waals surface area contributed by atoms with E-state index in [4.69, 9.17) is 5.26 Å². The molecule has 1 aromatic rings. The molecule has 0 amide bonds. The van der Waals surface area contributed by atoms with Crippen LogP contribution in [-0.4, -0.2) is 9.78 Å². The van der Waals surface area contributed by atoms with Crippen LogP contribution in [0.1, 0.15) is 43.1 Å². The monoisotopic (exact) mass is 191 g/mol. The molecule has 1 rings (SSSR count). The molecule has 0 unspecified atom stereocenters. The zero-order valence-corrected chi connectivity index (χ0v) is 9.17. The fourth-order valence-electron chi connectivity index (χ4n) is 1.68. The Balaban J connectivity index is 2.80. The SMILES string of the molecule is CCCCCc1c(C#N)c(C)nn1C. The van der Waals surface area contributed by atoms with Gasteiger partial charge >= 0.3 is 0 Å². The molecule has 0 bridgehead atoms. The van der Waals surface area contributed by atoms with Crippen LogP contribution in [0.4, 0.5) is 0 Å². The van der Waals surface area contributed by atoms with Gasteiger partial charge in [-0.2, -0.15) is 10.4 Å². The number of hydrogen-bond donors (Lipinski definition) is 0. The lowest BCUT2D eigenvalue weighted by Gasteiger charge is -2.01. The zero-order valence-electron chi connectivity index (χ0n) is 9.17. The highest BCUT2D eigenvalue weighted by Crippen LogP contribution is 2.14. The molecule has 3 heteroatoms. The highest BCUT2D eigenvalue weighted by Gasteiger charge is 2.11. The molecule has 0 aromatic carbocycles.